The summed E-state index contributed by atoms with van der Waals surface area (Å²) in [5.74, 6) is 0. The normalized spacial score (nSPS) is 18.1. The molecule has 4 nitrogen and oxygen atoms in total. The summed E-state index contributed by atoms with van der Waals surface area (Å²) in [6, 6.07) is 4.57. The zero-order valence-electron chi connectivity index (χ0n) is 8.78. The van der Waals surface area contributed by atoms with Gasteiger partial charge in [-0.3, -0.25) is 0 Å². The molecule has 0 aromatic heterocycles. The van der Waals surface area contributed by atoms with Crippen LogP contribution in [-0.4, -0.2) is 25.7 Å². The van der Waals surface area contributed by atoms with Crippen LogP contribution in [0, 0.1) is 0 Å². The van der Waals surface area contributed by atoms with Crippen LogP contribution in [0.5, 0.6) is 0 Å². The largest absolute Gasteiger partial charge is 0.394 e. The predicted molar refractivity (Wildman–Crippen MR) is 68.5 cm³/mol. The van der Waals surface area contributed by atoms with Gasteiger partial charge in [0.1, 0.15) is 4.90 Å². The average molecular weight is 341 g/mol. The first-order valence-corrected chi connectivity index (χ1v) is 7.64. The molecule has 7 heteroatoms. The smallest absolute Gasteiger partial charge is 0.242 e. The van der Waals surface area contributed by atoms with E-state index >= 15 is 0 Å². The van der Waals surface area contributed by atoms with E-state index in [1.165, 1.54) is 12.1 Å². The lowest BCUT2D eigenvalue weighted by atomic mass is 10.3. The minimum atomic E-state index is -3.68. The minimum Gasteiger partial charge on any atom is -0.394 e. The molecule has 0 bridgehead atoms. The van der Waals surface area contributed by atoms with Crippen LogP contribution in [0.1, 0.15) is 12.8 Å². The van der Waals surface area contributed by atoms with E-state index in [1.54, 1.807) is 6.07 Å². The number of halogens is 2. The number of aliphatic hydroxyl groups excluding tert-OH is 1. The highest BCUT2D eigenvalue weighted by atomic mass is 79.9. The molecule has 0 unspecified atom stereocenters. The van der Waals surface area contributed by atoms with E-state index in [9.17, 15) is 8.42 Å². The van der Waals surface area contributed by atoms with E-state index in [-0.39, 0.29) is 16.5 Å². The van der Waals surface area contributed by atoms with Crippen molar-refractivity contribution in [3.05, 3.63) is 27.7 Å². The maximum absolute atomic E-state index is 12.1. The molecule has 0 radical (unpaired) electrons. The molecule has 17 heavy (non-hydrogen) atoms. The van der Waals surface area contributed by atoms with Crippen LogP contribution in [-0.2, 0) is 10.0 Å². The molecule has 1 saturated carbocycles. The van der Waals surface area contributed by atoms with Crippen molar-refractivity contribution in [2.24, 2.45) is 0 Å². The lowest BCUT2D eigenvalue weighted by Gasteiger charge is -2.15. The molecule has 94 valence electrons. The van der Waals surface area contributed by atoms with E-state index in [0.29, 0.717) is 17.3 Å². The highest BCUT2D eigenvalue weighted by molar-refractivity contribution is 9.10. The van der Waals surface area contributed by atoms with Crippen LogP contribution in [0.4, 0.5) is 0 Å². The molecule has 2 rings (SSSR count). The molecule has 0 aliphatic heterocycles. The van der Waals surface area contributed by atoms with Gasteiger partial charge in [0.2, 0.25) is 10.0 Å². The van der Waals surface area contributed by atoms with Crippen molar-refractivity contribution < 1.29 is 13.5 Å². The van der Waals surface area contributed by atoms with Crippen molar-refractivity contribution >= 4 is 37.6 Å². The summed E-state index contributed by atoms with van der Waals surface area (Å²) in [5.41, 5.74) is -0.685. The predicted octanol–water partition coefficient (Wildman–Crippen LogP) is 1.91. The highest BCUT2D eigenvalue weighted by Gasteiger charge is 2.45. The van der Waals surface area contributed by atoms with Crippen LogP contribution < -0.4 is 4.72 Å². The molecule has 1 fully saturated rings. The SMILES string of the molecule is O=S(=O)(NC1(CO)CC1)c1ccc(Br)cc1Cl. The first-order valence-electron chi connectivity index (χ1n) is 4.98. The Morgan fingerprint density at radius 1 is 1.47 bits per heavy atom. The Morgan fingerprint density at radius 3 is 2.59 bits per heavy atom. The van der Waals surface area contributed by atoms with Crippen molar-refractivity contribution in [1.82, 2.24) is 4.72 Å². The van der Waals surface area contributed by atoms with Gasteiger partial charge in [-0.1, -0.05) is 27.5 Å². The van der Waals surface area contributed by atoms with Gasteiger partial charge in [-0.2, -0.15) is 0 Å². The topological polar surface area (TPSA) is 66.4 Å². The lowest BCUT2D eigenvalue weighted by Crippen LogP contribution is -2.39. The summed E-state index contributed by atoms with van der Waals surface area (Å²) in [5, 5.41) is 9.27. The Balaban J connectivity index is 2.32. The van der Waals surface area contributed by atoms with Crippen LogP contribution in [0.15, 0.2) is 27.6 Å². The van der Waals surface area contributed by atoms with Crippen LogP contribution in [0.25, 0.3) is 0 Å². The molecule has 1 aromatic carbocycles. The number of nitrogens with one attached hydrogen (secondary N) is 1. The molecule has 0 saturated heterocycles. The van der Waals surface area contributed by atoms with Crippen molar-refractivity contribution in [3.8, 4) is 0 Å². The van der Waals surface area contributed by atoms with Crippen molar-refractivity contribution in [1.29, 1.82) is 0 Å². The van der Waals surface area contributed by atoms with Crippen LogP contribution in [0.2, 0.25) is 5.02 Å². The third kappa shape index (κ3) is 2.82. The highest BCUT2D eigenvalue weighted by Crippen LogP contribution is 2.37. The van der Waals surface area contributed by atoms with Gasteiger partial charge < -0.3 is 5.11 Å². The molecule has 2 N–H and O–H groups in total. The maximum Gasteiger partial charge on any atom is 0.242 e. The first kappa shape index (κ1) is 13.3. The molecule has 0 heterocycles. The molecule has 0 spiro atoms. The fraction of sp³-hybridized carbons (Fsp3) is 0.400. The second kappa shape index (κ2) is 4.51. The van der Waals surface area contributed by atoms with Gasteiger partial charge in [0.15, 0.2) is 0 Å². The van der Waals surface area contributed by atoms with Crippen molar-refractivity contribution in [2.45, 2.75) is 23.3 Å². The Morgan fingerprint density at radius 2 is 2.12 bits per heavy atom. The average Bonchev–Trinajstić information content (AvgIpc) is 2.97. The van der Waals surface area contributed by atoms with E-state index in [1.807, 2.05) is 0 Å². The van der Waals surface area contributed by atoms with Crippen LogP contribution in [0.3, 0.4) is 0 Å². The fourth-order valence-corrected chi connectivity index (χ4v) is 3.97. The summed E-state index contributed by atoms with van der Waals surface area (Å²) in [6.07, 6.45) is 1.30. The third-order valence-corrected chi connectivity index (χ3v) is 5.25. The molecule has 1 aliphatic rings. The Hall–Kier alpha value is -0.140. The second-order valence-corrected chi connectivity index (χ2v) is 7.09. The van der Waals surface area contributed by atoms with Crippen LogP contribution >= 0.6 is 27.5 Å². The number of rotatable bonds is 4. The van der Waals surface area contributed by atoms with Gasteiger partial charge in [0, 0.05) is 4.47 Å². The van der Waals surface area contributed by atoms with E-state index in [0.717, 1.165) is 0 Å². The summed E-state index contributed by atoms with van der Waals surface area (Å²) < 4.78 is 27.3. The maximum atomic E-state index is 12.1. The monoisotopic (exact) mass is 339 g/mol. The summed E-state index contributed by atoms with van der Waals surface area (Å²) >= 11 is 9.11. The van der Waals surface area contributed by atoms with E-state index in [2.05, 4.69) is 20.7 Å². The Bertz CT molecular complexity index is 542. The summed E-state index contributed by atoms with van der Waals surface area (Å²) in [6.45, 7) is -0.194. The van der Waals surface area contributed by atoms with Gasteiger partial charge >= 0.3 is 0 Å². The number of benzene rings is 1. The number of hydrogen-bond acceptors (Lipinski definition) is 3. The first-order chi connectivity index (χ1) is 7.88. The van der Waals surface area contributed by atoms with Crippen molar-refractivity contribution in [3.63, 3.8) is 0 Å². The Labute approximate surface area is 113 Å². The van der Waals surface area contributed by atoms with E-state index < -0.39 is 15.6 Å². The van der Waals surface area contributed by atoms with Gasteiger partial charge in [-0.05, 0) is 31.0 Å². The summed E-state index contributed by atoms with van der Waals surface area (Å²) in [7, 11) is -3.68. The molecule has 1 aromatic rings. The molecular formula is C10H11BrClNO3S. The van der Waals surface area contributed by atoms with Crippen molar-refractivity contribution in [2.75, 3.05) is 6.61 Å². The lowest BCUT2D eigenvalue weighted by molar-refractivity contribution is 0.246. The van der Waals surface area contributed by atoms with Gasteiger partial charge in [-0.25, -0.2) is 13.1 Å². The Kier molecular flexibility index (Phi) is 3.53. The number of sulfonamides is 1. The second-order valence-electron chi connectivity index (χ2n) is 4.12. The zero-order valence-corrected chi connectivity index (χ0v) is 11.9. The fourth-order valence-electron chi connectivity index (χ4n) is 1.48. The molecule has 0 amide bonds. The minimum absolute atomic E-state index is 0.0297. The molecule has 1 aliphatic carbocycles. The van der Waals surface area contributed by atoms with Gasteiger partial charge in [0.25, 0.3) is 0 Å². The molecule has 0 atom stereocenters. The summed E-state index contributed by atoms with van der Waals surface area (Å²) in [4.78, 5) is 0.0297. The van der Waals surface area contributed by atoms with Gasteiger partial charge in [-0.15, -0.1) is 0 Å². The van der Waals surface area contributed by atoms with E-state index in [4.69, 9.17) is 16.7 Å². The molecular weight excluding hydrogens is 330 g/mol. The quantitative estimate of drug-likeness (QED) is 0.880. The third-order valence-electron chi connectivity index (χ3n) is 2.69. The van der Waals surface area contributed by atoms with Gasteiger partial charge in [0.05, 0.1) is 17.2 Å². The number of hydrogen-bond donors (Lipinski definition) is 2. The standard InChI is InChI=1S/C10H11BrClNO3S/c11-7-1-2-9(8(12)5-7)17(15,16)13-10(6-14)3-4-10/h1-2,5,13-14H,3-4,6H2. The zero-order chi connectivity index (χ0) is 12.7. The number of aliphatic hydroxyl groups is 1.